The molecule has 0 atom stereocenters. The van der Waals surface area contributed by atoms with Crippen molar-refractivity contribution in [1.29, 1.82) is 0 Å². The van der Waals surface area contributed by atoms with Gasteiger partial charge in [-0.3, -0.25) is 4.68 Å². The van der Waals surface area contributed by atoms with Crippen molar-refractivity contribution in [3.05, 3.63) is 40.2 Å². The molecule has 21 heavy (non-hydrogen) atoms. The summed E-state index contributed by atoms with van der Waals surface area (Å²) in [5, 5.41) is 8.34. The molecule has 2 rings (SSSR count). The molecule has 0 unspecified atom stereocenters. The highest BCUT2D eigenvalue weighted by molar-refractivity contribution is 6.30. The third-order valence-corrected chi connectivity index (χ3v) is 3.82. The van der Waals surface area contributed by atoms with Crippen molar-refractivity contribution in [3.63, 3.8) is 0 Å². The van der Waals surface area contributed by atoms with Gasteiger partial charge in [-0.2, -0.15) is 5.10 Å². The zero-order chi connectivity index (χ0) is 15.4. The van der Waals surface area contributed by atoms with Crippen molar-refractivity contribution in [2.24, 2.45) is 7.05 Å². The largest absolute Gasteiger partial charge is 0.493 e. The lowest BCUT2D eigenvalue weighted by Gasteiger charge is -2.10. The van der Waals surface area contributed by atoms with Crippen molar-refractivity contribution in [2.45, 2.75) is 20.0 Å². The average molecular weight is 310 g/mol. The molecule has 114 valence electrons. The highest BCUT2D eigenvalue weighted by atomic mass is 35.5. The molecule has 0 bridgehead atoms. The van der Waals surface area contributed by atoms with E-state index in [2.05, 4.69) is 10.4 Å². The van der Waals surface area contributed by atoms with Crippen molar-refractivity contribution in [2.75, 3.05) is 14.2 Å². The van der Waals surface area contributed by atoms with Crippen LogP contribution in [0.4, 0.5) is 0 Å². The van der Waals surface area contributed by atoms with Crippen LogP contribution in [0.3, 0.4) is 0 Å². The summed E-state index contributed by atoms with van der Waals surface area (Å²) in [6, 6.07) is 5.87. The predicted octanol–water partition coefficient (Wildman–Crippen LogP) is 2.69. The second-order valence-corrected chi connectivity index (χ2v) is 5.13. The molecule has 2 aromatic rings. The summed E-state index contributed by atoms with van der Waals surface area (Å²) >= 11 is 6.21. The molecule has 0 spiro atoms. The number of halogens is 1. The number of aryl methyl sites for hydroxylation is 2. The van der Waals surface area contributed by atoms with E-state index < -0.39 is 0 Å². The normalized spacial score (nSPS) is 10.7. The Kier molecular flexibility index (Phi) is 5.09. The Labute approximate surface area is 129 Å². The molecule has 6 heteroatoms. The van der Waals surface area contributed by atoms with Crippen LogP contribution in [-0.4, -0.2) is 24.0 Å². The van der Waals surface area contributed by atoms with E-state index in [1.54, 1.807) is 18.9 Å². The summed E-state index contributed by atoms with van der Waals surface area (Å²) in [6.45, 7) is 3.34. The van der Waals surface area contributed by atoms with Gasteiger partial charge in [0.1, 0.15) is 5.15 Å². The molecule has 1 N–H and O–H groups in total. The topological polar surface area (TPSA) is 48.3 Å². The van der Waals surface area contributed by atoms with Crippen LogP contribution >= 0.6 is 11.6 Å². The number of ether oxygens (including phenoxy) is 2. The highest BCUT2D eigenvalue weighted by Gasteiger charge is 2.10. The molecule has 0 radical (unpaired) electrons. The van der Waals surface area contributed by atoms with Gasteiger partial charge in [0, 0.05) is 25.7 Å². The molecule has 1 heterocycles. The van der Waals surface area contributed by atoms with E-state index in [0.29, 0.717) is 18.2 Å². The van der Waals surface area contributed by atoms with Crippen LogP contribution < -0.4 is 14.8 Å². The van der Waals surface area contributed by atoms with Crippen LogP contribution in [-0.2, 0) is 20.1 Å². The zero-order valence-electron chi connectivity index (χ0n) is 12.7. The third kappa shape index (κ3) is 3.49. The number of hydrogen-bond acceptors (Lipinski definition) is 4. The zero-order valence-corrected chi connectivity index (χ0v) is 13.5. The number of methoxy groups -OCH3 is 2. The van der Waals surface area contributed by atoms with Crippen LogP contribution in [0.15, 0.2) is 18.2 Å². The second-order valence-electron chi connectivity index (χ2n) is 4.77. The van der Waals surface area contributed by atoms with Gasteiger partial charge in [-0.1, -0.05) is 17.7 Å². The van der Waals surface area contributed by atoms with E-state index in [0.717, 1.165) is 28.3 Å². The highest BCUT2D eigenvalue weighted by Crippen LogP contribution is 2.27. The standard InChI is InChI=1S/C15H20ClN3O2/c1-10-12(15(16)19(2)18-10)9-17-8-11-5-6-13(20-3)14(7-11)21-4/h5-7,17H,8-9H2,1-4H3. The number of nitrogens with zero attached hydrogens (tertiary/aromatic N) is 2. The van der Waals surface area contributed by atoms with Gasteiger partial charge < -0.3 is 14.8 Å². The van der Waals surface area contributed by atoms with Gasteiger partial charge in [-0.25, -0.2) is 0 Å². The summed E-state index contributed by atoms with van der Waals surface area (Å²) in [6.07, 6.45) is 0. The fourth-order valence-electron chi connectivity index (χ4n) is 2.20. The number of nitrogens with one attached hydrogen (secondary N) is 1. The van der Waals surface area contributed by atoms with E-state index in [1.807, 2.05) is 32.2 Å². The molecule has 0 saturated carbocycles. The Bertz CT molecular complexity index is 626. The number of aromatic nitrogens is 2. The Morgan fingerprint density at radius 1 is 1.19 bits per heavy atom. The smallest absolute Gasteiger partial charge is 0.161 e. The van der Waals surface area contributed by atoms with Crippen LogP contribution in [0.25, 0.3) is 0 Å². The molecule has 1 aromatic heterocycles. The maximum atomic E-state index is 6.21. The molecule has 5 nitrogen and oxygen atoms in total. The first-order valence-corrected chi connectivity index (χ1v) is 7.04. The summed E-state index contributed by atoms with van der Waals surface area (Å²) in [7, 11) is 5.10. The Morgan fingerprint density at radius 3 is 2.48 bits per heavy atom. The molecule has 0 aliphatic carbocycles. The number of hydrogen-bond donors (Lipinski definition) is 1. The number of rotatable bonds is 6. The van der Waals surface area contributed by atoms with Gasteiger partial charge in [0.05, 0.1) is 19.9 Å². The Morgan fingerprint density at radius 2 is 1.90 bits per heavy atom. The average Bonchev–Trinajstić information content (AvgIpc) is 2.73. The van der Waals surface area contributed by atoms with Crippen molar-refractivity contribution < 1.29 is 9.47 Å². The maximum Gasteiger partial charge on any atom is 0.161 e. The second kappa shape index (κ2) is 6.83. The lowest BCUT2D eigenvalue weighted by Crippen LogP contribution is -2.13. The minimum Gasteiger partial charge on any atom is -0.493 e. The Hall–Kier alpha value is -1.72. The van der Waals surface area contributed by atoms with Gasteiger partial charge in [0.15, 0.2) is 11.5 Å². The third-order valence-electron chi connectivity index (χ3n) is 3.35. The summed E-state index contributed by atoms with van der Waals surface area (Å²) in [5.74, 6) is 1.46. The summed E-state index contributed by atoms with van der Waals surface area (Å²) in [4.78, 5) is 0. The molecule has 0 aliphatic heterocycles. The quantitative estimate of drug-likeness (QED) is 0.891. The first-order chi connectivity index (χ1) is 10.1. The lowest BCUT2D eigenvalue weighted by molar-refractivity contribution is 0.354. The molecular weight excluding hydrogens is 290 g/mol. The molecule has 0 saturated heterocycles. The van der Waals surface area contributed by atoms with E-state index in [9.17, 15) is 0 Å². The predicted molar refractivity (Wildman–Crippen MR) is 83.0 cm³/mol. The van der Waals surface area contributed by atoms with Crippen molar-refractivity contribution in [3.8, 4) is 11.5 Å². The first kappa shape index (κ1) is 15.7. The summed E-state index contributed by atoms with van der Waals surface area (Å²) < 4.78 is 12.2. The van der Waals surface area contributed by atoms with Crippen LogP contribution in [0, 0.1) is 6.92 Å². The molecule has 1 aromatic carbocycles. The van der Waals surface area contributed by atoms with E-state index >= 15 is 0 Å². The minimum absolute atomic E-state index is 0.673. The van der Waals surface area contributed by atoms with Gasteiger partial charge in [-0.05, 0) is 24.6 Å². The molecule has 0 aliphatic rings. The van der Waals surface area contributed by atoms with Crippen molar-refractivity contribution >= 4 is 11.6 Å². The van der Waals surface area contributed by atoms with Crippen molar-refractivity contribution in [1.82, 2.24) is 15.1 Å². The number of benzene rings is 1. The monoisotopic (exact) mass is 309 g/mol. The van der Waals surface area contributed by atoms with Gasteiger partial charge in [0.25, 0.3) is 0 Å². The fraction of sp³-hybridized carbons (Fsp3) is 0.400. The van der Waals surface area contributed by atoms with Gasteiger partial charge in [-0.15, -0.1) is 0 Å². The van der Waals surface area contributed by atoms with Gasteiger partial charge >= 0.3 is 0 Å². The van der Waals surface area contributed by atoms with Crippen LogP contribution in [0.2, 0.25) is 5.15 Å². The fourth-order valence-corrected chi connectivity index (χ4v) is 2.44. The summed E-state index contributed by atoms with van der Waals surface area (Å²) in [5.41, 5.74) is 3.09. The SMILES string of the molecule is COc1ccc(CNCc2c(C)nn(C)c2Cl)cc1OC. The van der Waals surface area contributed by atoms with E-state index in [4.69, 9.17) is 21.1 Å². The van der Waals surface area contributed by atoms with Gasteiger partial charge in [0.2, 0.25) is 0 Å². The van der Waals surface area contributed by atoms with E-state index in [1.165, 1.54) is 0 Å². The minimum atomic E-state index is 0.673. The van der Waals surface area contributed by atoms with E-state index in [-0.39, 0.29) is 0 Å². The first-order valence-electron chi connectivity index (χ1n) is 6.66. The molecular formula is C15H20ClN3O2. The van der Waals surface area contributed by atoms with Crippen LogP contribution in [0.1, 0.15) is 16.8 Å². The lowest BCUT2D eigenvalue weighted by atomic mass is 10.2. The maximum absolute atomic E-state index is 6.21. The Balaban J connectivity index is 2.00. The molecule has 0 fully saturated rings. The molecule has 0 amide bonds. The van der Waals surface area contributed by atoms with Crippen LogP contribution in [0.5, 0.6) is 11.5 Å².